The van der Waals surface area contributed by atoms with Crippen molar-refractivity contribution < 1.29 is 23.9 Å². The van der Waals surface area contributed by atoms with Gasteiger partial charge < -0.3 is 19.4 Å². The summed E-state index contributed by atoms with van der Waals surface area (Å²) < 4.78 is 10.7. The van der Waals surface area contributed by atoms with Gasteiger partial charge in [0.15, 0.2) is 0 Å². The van der Waals surface area contributed by atoms with Crippen LogP contribution in [-0.2, 0) is 11.3 Å². The number of benzene rings is 2. The molecule has 0 radical (unpaired) electrons. The number of carbonyl (C=O) groups is 3. The quantitative estimate of drug-likeness (QED) is 0.534. The molecule has 0 aliphatic carbocycles. The number of carbonyl (C=O) groups excluding carboxylic acids is 3. The smallest absolute Gasteiger partial charge is 0.417 e. The number of hydrogen-bond acceptors (Lipinski definition) is 6. The molecule has 3 amide bonds. The maximum Gasteiger partial charge on any atom is 0.417 e. The van der Waals surface area contributed by atoms with Crippen molar-refractivity contribution in [1.29, 1.82) is 0 Å². The second-order valence-corrected chi connectivity index (χ2v) is 8.83. The van der Waals surface area contributed by atoms with Crippen molar-refractivity contribution in [1.82, 2.24) is 15.3 Å². The van der Waals surface area contributed by atoms with Gasteiger partial charge in [-0.3, -0.25) is 10.1 Å². The average Bonchev–Trinajstić information content (AvgIpc) is 2.99. The van der Waals surface area contributed by atoms with E-state index in [9.17, 15) is 14.4 Å². The summed E-state index contributed by atoms with van der Waals surface area (Å²) in [6, 6.07) is 11.9. The number of ether oxygens (including phenoxy) is 2. The van der Waals surface area contributed by atoms with E-state index in [1.165, 1.54) is 11.1 Å². The second-order valence-electron chi connectivity index (χ2n) is 8.83. The SMILES string of the molecule is CN(Cc1[nH]c2cc(NC(=O)Oc3ccccc3)cc3c2c1C=NNC3=O)C(=O)OC(C)(C)C. The van der Waals surface area contributed by atoms with E-state index in [0.29, 0.717) is 39.2 Å². The number of nitrogens with zero attached hydrogens (tertiary/aromatic N) is 2. The molecule has 0 saturated heterocycles. The lowest BCUT2D eigenvalue weighted by atomic mass is 10.0. The summed E-state index contributed by atoms with van der Waals surface area (Å²) in [5.74, 6) is -0.0360. The van der Waals surface area contributed by atoms with E-state index >= 15 is 0 Å². The molecular weight excluding hydrogens is 438 g/mol. The molecule has 4 rings (SSSR count). The van der Waals surface area contributed by atoms with E-state index in [-0.39, 0.29) is 6.54 Å². The molecule has 10 heteroatoms. The Hall–Kier alpha value is -4.34. The third-order valence-electron chi connectivity index (χ3n) is 4.92. The molecule has 2 aromatic carbocycles. The Morgan fingerprint density at radius 1 is 1.15 bits per heavy atom. The number of anilines is 1. The minimum atomic E-state index is -0.695. The molecule has 1 aliphatic heterocycles. The molecule has 34 heavy (non-hydrogen) atoms. The first-order valence-electron chi connectivity index (χ1n) is 10.6. The molecule has 0 saturated carbocycles. The summed E-state index contributed by atoms with van der Waals surface area (Å²) >= 11 is 0. The van der Waals surface area contributed by atoms with Gasteiger partial charge in [-0.1, -0.05) is 18.2 Å². The molecule has 0 atom stereocenters. The van der Waals surface area contributed by atoms with Crippen molar-refractivity contribution >= 4 is 40.9 Å². The lowest BCUT2D eigenvalue weighted by Gasteiger charge is -2.24. The first kappa shape index (κ1) is 22.8. The number of rotatable bonds is 4. The monoisotopic (exact) mass is 463 g/mol. The average molecular weight is 463 g/mol. The predicted molar refractivity (Wildman–Crippen MR) is 127 cm³/mol. The highest BCUT2D eigenvalue weighted by atomic mass is 16.6. The molecule has 2 heterocycles. The summed E-state index contributed by atoms with van der Waals surface area (Å²) in [6.45, 7) is 5.58. The van der Waals surface area contributed by atoms with E-state index in [0.717, 1.165) is 0 Å². The summed E-state index contributed by atoms with van der Waals surface area (Å²) in [7, 11) is 1.62. The van der Waals surface area contributed by atoms with Crippen molar-refractivity contribution in [2.45, 2.75) is 32.9 Å². The Kier molecular flexibility index (Phi) is 5.97. The fourth-order valence-electron chi connectivity index (χ4n) is 3.53. The molecule has 3 N–H and O–H groups in total. The molecular formula is C24H25N5O5. The Balaban J connectivity index is 1.64. The predicted octanol–water partition coefficient (Wildman–Crippen LogP) is 4.22. The highest BCUT2D eigenvalue weighted by Gasteiger charge is 2.25. The molecule has 0 bridgehead atoms. The maximum absolute atomic E-state index is 12.7. The third kappa shape index (κ3) is 5.01. The number of hydrazone groups is 1. The van der Waals surface area contributed by atoms with Gasteiger partial charge in [0.25, 0.3) is 5.91 Å². The third-order valence-corrected chi connectivity index (χ3v) is 4.92. The lowest BCUT2D eigenvalue weighted by molar-refractivity contribution is 0.0283. The maximum atomic E-state index is 12.7. The molecule has 0 fully saturated rings. The van der Waals surface area contributed by atoms with Crippen LogP contribution in [0.15, 0.2) is 47.6 Å². The first-order valence-corrected chi connectivity index (χ1v) is 10.6. The molecule has 0 unspecified atom stereocenters. The van der Waals surface area contributed by atoms with E-state index < -0.39 is 23.7 Å². The fraction of sp³-hybridized carbons (Fsp3) is 0.250. The van der Waals surface area contributed by atoms with Crippen LogP contribution in [0, 0.1) is 0 Å². The van der Waals surface area contributed by atoms with Gasteiger partial charge in [0, 0.05) is 34.9 Å². The van der Waals surface area contributed by atoms with Gasteiger partial charge in [0.1, 0.15) is 11.4 Å². The Bertz CT molecular complexity index is 1290. The van der Waals surface area contributed by atoms with Crippen LogP contribution >= 0.6 is 0 Å². The van der Waals surface area contributed by atoms with Crippen LogP contribution in [0.4, 0.5) is 15.3 Å². The van der Waals surface area contributed by atoms with Crippen molar-refractivity contribution in [3.05, 3.63) is 59.3 Å². The first-order chi connectivity index (χ1) is 16.1. The number of H-pyrrole nitrogens is 1. The second kappa shape index (κ2) is 8.89. The molecule has 3 aromatic rings. The van der Waals surface area contributed by atoms with Crippen LogP contribution in [0.5, 0.6) is 5.75 Å². The zero-order valence-electron chi connectivity index (χ0n) is 19.3. The molecule has 10 nitrogen and oxygen atoms in total. The van der Waals surface area contributed by atoms with Crippen LogP contribution in [0.3, 0.4) is 0 Å². The molecule has 176 valence electrons. The van der Waals surface area contributed by atoms with E-state index in [1.54, 1.807) is 64.2 Å². The number of amides is 3. The Morgan fingerprint density at radius 2 is 1.88 bits per heavy atom. The molecule has 0 spiro atoms. The summed E-state index contributed by atoms with van der Waals surface area (Å²) in [5.41, 5.74) is 4.44. The van der Waals surface area contributed by atoms with Gasteiger partial charge in [-0.15, -0.1) is 0 Å². The zero-order valence-corrected chi connectivity index (χ0v) is 19.3. The Morgan fingerprint density at radius 3 is 2.59 bits per heavy atom. The van der Waals surface area contributed by atoms with Gasteiger partial charge >= 0.3 is 12.2 Å². The van der Waals surface area contributed by atoms with Crippen LogP contribution in [-0.4, -0.2) is 46.8 Å². The highest BCUT2D eigenvalue weighted by molar-refractivity contribution is 6.16. The van der Waals surface area contributed by atoms with Crippen molar-refractivity contribution in [2.75, 3.05) is 12.4 Å². The number of aromatic amines is 1. The fourth-order valence-corrected chi connectivity index (χ4v) is 3.53. The van der Waals surface area contributed by atoms with Gasteiger partial charge in [-0.05, 0) is 45.0 Å². The van der Waals surface area contributed by atoms with Crippen LogP contribution in [0.25, 0.3) is 10.9 Å². The summed E-state index contributed by atoms with van der Waals surface area (Å²) in [4.78, 5) is 42.1. The number of aromatic nitrogens is 1. The van der Waals surface area contributed by atoms with Gasteiger partial charge in [-0.25, -0.2) is 15.0 Å². The minimum absolute atomic E-state index is 0.192. The lowest BCUT2D eigenvalue weighted by Crippen LogP contribution is -2.34. The summed E-state index contributed by atoms with van der Waals surface area (Å²) in [6.07, 6.45) is 0.353. The van der Waals surface area contributed by atoms with Gasteiger partial charge in [0.05, 0.1) is 18.3 Å². The standard InChI is InChI=1S/C24H25N5O5/c1-24(2,3)34-23(32)29(4)13-19-17-12-25-28-21(30)16-10-14(11-18(27-19)20(16)17)26-22(31)33-15-8-6-5-7-9-15/h5-12,27H,13H2,1-4H3,(H,26,31)(H,28,30). The van der Waals surface area contributed by atoms with Gasteiger partial charge in [0.2, 0.25) is 0 Å². The Labute approximate surface area is 195 Å². The topological polar surface area (TPSA) is 125 Å². The van der Waals surface area contributed by atoms with E-state index in [1.807, 2.05) is 6.07 Å². The highest BCUT2D eigenvalue weighted by Crippen LogP contribution is 2.31. The molecule has 1 aromatic heterocycles. The number of nitrogens with one attached hydrogen (secondary N) is 3. The number of para-hydroxylation sites is 1. The zero-order chi connectivity index (χ0) is 24.5. The minimum Gasteiger partial charge on any atom is -0.444 e. The van der Waals surface area contributed by atoms with Crippen molar-refractivity contribution in [3.8, 4) is 5.75 Å². The number of hydrogen-bond donors (Lipinski definition) is 3. The van der Waals surface area contributed by atoms with Crippen molar-refractivity contribution in [3.63, 3.8) is 0 Å². The molecule has 1 aliphatic rings. The van der Waals surface area contributed by atoms with Gasteiger partial charge in [-0.2, -0.15) is 5.10 Å². The van der Waals surface area contributed by atoms with Crippen LogP contribution < -0.4 is 15.5 Å². The van der Waals surface area contributed by atoms with Crippen LogP contribution in [0.1, 0.15) is 42.4 Å². The summed E-state index contributed by atoms with van der Waals surface area (Å²) in [5, 5.41) is 7.27. The normalized spacial score (nSPS) is 12.6. The van der Waals surface area contributed by atoms with Crippen LogP contribution in [0.2, 0.25) is 0 Å². The largest absolute Gasteiger partial charge is 0.444 e. The van der Waals surface area contributed by atoms with Crippen molar-refractivity contribution in [2.24, 2.45) is 5.10 Å². The van der Waals surface area contributed by atoms with E-state index in [2.05, 4.69) is 20.8 Å². The van der Waals surface area contributed by atoms with E-state index in [4.69, 9.17) is 9.47 Å².